The number of aryl methyl sites for hydroxylation is 1. The van der Waals surface area contributed by atoms with Crippen molar-refractivity contribution in [3.8, 4) is 0 Å². The second kappa shape index (κ2) is 6.64. The number of benzene rings is 1. The molecular formula is C17H25. The van der Waals surface area contributed by atoms with Crippen molar-refractivity contribution in [1.29, 1.82) is 0 Å². The van der Waals surface area contributed by atoms with Gasteiger partial charge < -0.3 is 0 Å². The molecule has 0 N–H and O–H groups in total. The van der Waals surface area contributed by atoms with E-state index in [-0.39, 0.29) is 0 Å². The van der Waals surface area contributed by atoms with Gasteiger partial charge in [0, 0.05) is 0 Å². The predicted molar refractivity (Wildman–Crippen MR) is 76.0 cm³/mol. The molecule has 0 bridgehead atoms. The Balaban J connectivity index is 2.42. The first kappa shape index (κ1) is 14.0. The van der Waals surface area contributed by atoms with Gasteiger partial charge in [0.15, 0.2) is 0 Å². The molecule has 0 aliphatic carbocycles. The lowest BCUT2D eigenvalue weighted by atomic mass is 9.88. The summed E-state index contributed by atoms with van der Waals surface area (Å²) in [4.78, 5) is 0. The van der Waals surface area contributed by atoms with Gasteiger partial charge >= 0.3 is 0 Å². The Kier molecular flexibility index (Phi) is 5.47. The van der Waals surface area contributed by atoms with Crippen LogP contribution in [0.1, 0.15) is 51.2 Å². The van der Waals surface area contributed by atoms with Crippen molar-refractivity contribution in [2.45, 2.75) is 52.9 Å². The average Bonchev–Trinajstić information content (AvgIpc) is 2.25. The van der Waals surface area contributed by atoms with Gasteiger partial charge in [-0.3, -0.25) is 0 Å². The standard InChI is InChI=1S/C17H25/c1-5-6-7-8-9-15-10-12-16(13-11-15)14-17(2,3)4/h1,5,10-13H,6-9,14H2,2-4H3. The molecule has 0 nitrogen and oxygen atoms in total. The number of hydrogen-bond donors (Lipinski definition) is 0. The number of allylic oxidation sites excluding steroid dienone is 1. The van der Waals surface area contributed by atoms with Crippen LogP contribution < -0.4 is 0 Å². The van der Waals surface area contributed by atoms with Gasteiger partial charge in [-0.15, -0.1) is 0 Å². The highest BCUT2D eigenvalue weighted by molar-refractivity contribution is 5.23. The minimum Gasteiger partial charge on any atom is -0.0845 e. The summed E-state index contributed by atoms with van der Waals surface area (Å²) < 4.78 is 0. The second-order valence-electron chi connectivity index (χ2n) is 6.04. The Morgan fingerprint density at radius 2 is 1.59 bits per heavy atom. The van der Waals surface area contributed by atoms with Gasteiger partial charge in [-0.25, -0.2) is 0 Å². The van der Waals surface area contributed by atoms with E-state index in [0.29, 0.717) is 5.41 Å². The van der Waals surface area contributed by atoms with Crippen LogP contribution in [0.25, 0.3) is 0 Å². The van der Waals surface area contributed by atoms with Crippen LogP contribution >= 0.6 is 0 Å². The summed E-state index contributed by atoms with van der Waals surface area (Å²) in [6, 6.07) is 9.09. The van der Waals surface area contributed by atoms with Crippen LogP contribution in [0.15, 0.2) is 30.3 Å². The molecule has 0 spiro atoms. The molecule has 93 valence electrons. The molecule has 0 aliphatic rings. The van der Waals surface area contributed by atoms with E-state index in [4.69, 9.17) is 6.58 Å². The first-order valence-electron chi connectivity index (χ1n) is 6.62. The van der Waals surface area contributed by atoms with E-state index in [1.165, 1.54) is 30.4 Å². The van der Waals surface area contributed by atoms with Gasteiger partial charge in [-0.1, -0.05) is 57.7 Å². The number of unbranched alkanes of at least 4 members (excludes halogenated alkanes) is 2. The molecule has 1 aromatic rings. The van der Waals surface area contributed by atoms with Gasteiger partial charge in [0.2, 0.25) is 0 Å². The van der Waals surface area contributed by atoms with Crippen LogP contribution in [0.4, 0.5) is 0 Å². The van der Waals surface area contributed by atoms with Crippen molar-refractivity contribution in [3.63, 3.8) is 0 Å². The van der Waals surface area contributed by atoms with Crippen LogP contribution in [0.5, 0.6) is 0 Å². The molecule has 0 aromatic heterocycles. The Bertz CT molecular complexity index is 324. The van der Waals surface area contributed by atoms with Gasteiger partial charge in [-0.2, -0.15) is 0 Å². The molecule has 17 heavy (non-hydrogen) atoms. The van der Waals surface area contributed by atoms with E-state index >= 15 is 0 Å². The summed E-state index contributed by atoms with van der Waals surface area (Å²) >= 11 is 0. The van der Waals surface area contributed by atoms with Crippen LogP contribution in [0, 0.1) is 12.0 Å². The van der Waals surface area contributed by atoms with Crippen molar-refractivity contribution in [2.75, 3.05) is 0 Å². The highest BCUT2D eigenvalue weighted by Gasteiger charge is 2.10. The fourth-order valence-corrected chi connectivity index (χ4v) is 2.03. The lowest BCUT2D eigenvalue weighted by Gasteiger charge is -2.18. The first-order chi connectivity index (χ1) is 8.01. The van der Waals surface area contributed by atoms with Crippen molar-refractivity contribution in [1.82, 2.24) is 0 Å². The molecule has 1 radical (unpaired) electrons. The lowest BCUT2D eigenvalue weighted by molar-refractivity contribution is 0.411. The number of hydrogen-bond acceptors (Lipinski definition) is 0. The molecule has 0 saturated heterocycles. The third-order valence-electron chi connectivity index (χ3n) is 2.84. The Hall–Kier alpha value is -1.04. The summed E-state index contributed by atoms with van der Waals surface area (Å²) in [6.45, 7) is 12.2. The molecule has 1 aromatic carbocycles. The maximum Gasteiger partial charge on any atom is -0.0230 e. The van der Waals surface area contributed by atoms with E-state index in [9.17, 15) is 0 Å². The van der Waals surface area contributed by atoms with Crippen molar-refractivity contribution < 1.29 is 0 Å². The zero-order valence-electron chi connectivity index (χ0n) is 11.5. The van der Waals surface area contributed by atoms with Gasteiger partial charge in [0.05, 0.1) is 0 Å². The molecule has 0 heterocycles. The average molecular weight is 229 g/mol. The van der Waals surface area contributed by atoms with E-state index < -0.39 is 0 Å². The summed E-state index contributed by atoms with van der Waals surface area (Å²) in [6.07, 6.45) is 7.53. The quantitative estimate of drug-likeness (QED) is 0.604. The molecule has 0 amide bonds. The Morgan fingerprint density at radius 1 is 1.00 bits per heavy atom. The normalized spacial score (nSPS) is 11.5. The highest BCUT2D eigenvalue weighted by Crippen LogP contribution is 2.21. The predicted octanol–water partition coefficient (Wildman–Crippen LogP) is 4.98. The Labute approximate surface area is 107 Å². The van der Waals surface area contributed by atoms with Crippen LogP contribution in [-0.2, 0) is 12.8 Å². The zero-order chi connectivity index (χ0) is 12.7. The fourth-order valence-electron chi connectivity index (χ4n) is 2.03. The summed E-state index contributed by atoms with van der Waals surface area (Å²) in [5.41, 5.74) is 3.26. The first-order valence-corrected chi connectivity index (χ1v) is 6.62. The minimum absolute atomic E-state index is 0.373. The monoisotopic (exact) mass is 229 g/mol. The van der Waals surface area contributed by atoms with Crippen molar-refractivity contribution in [2.24, 2.45) is 5.41 Å². The minimum atomic E-state index is 0.373. The smallest absolute Gasteiger partial charge is 0.0230 e. The highest BCUT2D eigenvalue weighted by atomic mass is 14.2. The van der Waals surface area contributed by atoms with E-state index in [1.54, 1.807) is 6.08 Å². The van der Waals surface area contributed by atoms with Gasteiger partial charge in [0.1, 0.15) is 0 Å². The molecule has 0 fully saturated rings. The Morgan fingerprint density at radius 3 is 2.12 bits per heavy atom. The largest absolute Gasteiger partial charge is 0.0845 e. The topological polar surface area (TPSA) is 0 Å². The SMILES string of the molecule is [CH]=CCCCCc1ccc(CC(C)(C)C)cc1. The van der Waals surface area contributed by atoms with Gasteiger partial charge in [0.25, 0.3) is 0 Å². The molecule has 1 rings (SSSR count). The zero-order valence-corrected chi connectivity index (χ0v) is 11.5. The molecule has 0 heteroatoms. The summed E-state index contributed by atoms with van der Waals surface area (Å²) in [7, 11) is 0. The molecule has 0 saturated carbocycles. The van der Waals surface area contributed by atoms with Crippen molar-refractivity contribution >= 4 is 0 Å². The van der Waals surface area contributed by atoms with E-state index in [1.807, 2.05) is 0 Å². The lowest BCUT2D eigenvalue weighted by Crippen LogP contribution is -2.08. The third-order valence-corrected chi connectivity index (χ3v) is 2.84. The summed E-state index contributed by atoms with van der Waals surface area (Å²) in [5, 5.41) is 0. The number of rotatable bonds is 6. The van der Waals surface area contributed by atoms with Crippen LogP contribution in [0.2, 0.25) is 0 Å². The maximum absolute atomic E-state index is 5.36. The molecule has 0 unspecified atom stereocenters. The summed E-state index contributed by atoms with van der Waals surface area (Å²) in [5.74, 6) is 0. The fraction of sp³-hybridized carbons (Fsp3) is 0.529. The van der Waals surface area contributed by atoms with E-state index in [2.05, 4.69) is 45.0 Å². The molecule has 0 aliphatic heterocycles. The van der Waals surface area contributed by atoms with Crippen molar-refractivity contribution in [3.05, 3.63) is 48.0 Å². The van der Waals surface area contributed by atoms with Crippen LogP contribution in [0.3, 0.4) is 0 Å². The molecular weight excluding hydrogens is 204 g/mol. The maximum atomic E-state index is 5.36. The van der Waals surface area contributed by atoms with E-state index in [0.717, 1.165) is 12.8 Å². The third kappa shape index (κ3) is 6.31. The van der Waals surface area contributed by atoms with Crippen LogP contribution in [-0.4, -0.2) is 0 Å². The van der Waals surface area contributed by atoms with Gasteiger partial charge in [-0.05, 0) is 48.6 Å². The molecule has 0 atom stereocenters. The second-order valence-corrected chi connectivity index (χ2v) is 6.04.